The third-order valence-electron chi connectivity index (χ3n) is 4.07. The van der Waals surface area contributed by atoms with Crippen LogP contribution in [0.1, 0.15) is 33.6 Å². The second-order valence-corrected chi connectivity index (χ2v) is 5.11. The molecule has 0 heterocycles. The van der Waals surface area contributed by atoms with E-state index in [1.54, 1.807) is 6.08 Å². The number of allylic oxidation sites excluding steroid dienone is 2. The molecular weight excluding hydrogens is 160 g/mol. The van der Waals surface area contributed by atoms with Crippen LogP contribution in [0.3, 0.4) is 0 Å². The Bertz CT molecular complexity index is 264. The first-order valence-electron chi connectivity index (χ1n) is 5.28. The fourth-order valence-corrected chi connectivity index (χ4v) is 3.06. The van der Waals surface area contributed by atoms with Gasteiger partial charge in [-0.1, -0.05) is 26.8 Å². The van der Waals surface area contributed by atoms with Gasteiger partial charge in [0.1, 0.15) is 0 Å². The lowest BCUT2D eigenvalue weighted by Gasteiger charge is -2.26. The number of ketones is 1. The van der Waals surface area contributed by atoms with Gasteiger partial charge in [-0.2, -0.15) is 0 Å². The molecule has 72 valence electrons. The molecular formula is C12H18O. The summed E-state index contributed by atoms with van der Waals surface area (Å²) in [4.78, 5) is 11.7. The van der Waals surface area contributed by atoms with Gasteiger partial charge in [0.15, 0.2) is 5.78 Å². The summed E-state index contributed by atoms with van der Waals surface area (Å²) in [6, 6.07) is 0. The molecule has 0 amide bonds. The van der Waals surface area contributed by atoms with Gasteiger partial charge in [0.05, 0.1) is 0 Å². The number of hydrogen-bond acceptors (Lipinski definition) is 1. The normalized spacial score (nSPS) is 43.2. The molecule has 0 aromatic rings. The lowest BCUT2D eigenvalue weighted by Crippen LogP contribution is -2.28. The summed E-state index contributed by atoms with van der Waals surface area (Å²) >= 11 is 0. The Morgan fingerprint density at radius 1 is 1.54 bits per heavy atom. The van der Waals surface area contributed by atoms with Crippen LogP contribution < -0.4 is 0 Å². The molecule has 3 atom stereocenters. The fourth-order valence-electron chi connectivity index (χ4n) is 3.06. The molecule has 1 saturated carbocycles. The maximum Gasteiger partial charge on any atom is 0.161 e. The summed E-state index contributed by atoms with van der Waals surface area (Å²) in [5.41, 5.74) is -0.0328. The molecule has 0 N–H and O–H groups in total. The number of fused-ring (bicyclic) bond motifs is 1. The first-order chi connectivity index (χ1) is 6.05. The van der Waals surface area contributed by atoms with Crippen LogP contribution in [0.2, 0.25) is 0 Å². The predicted molar refractivity (Wildman–Crippen MR) is 53.3 cm³/mol. The highest BCUT2D eigenvalue weighted by atomic mass is 16.1. The van der Waals surface area contributed by atoms with Gasteiger partial charge >= 0.3 is 0 Å². The van der Waals surface area contributed by atoms with E-state index < -0.39 is 0 Å². The average molecular weight is 178 g/mol. The maximum absolute atomic E-state index is 11.7. The number of hydrogen-bond donors (Lipinski definition) is 0. The highest BCUT2D eigenvalue weighted by Gasteiger charge is 2.51. The predicted octanol–water partition coefficient (Wildman–Crippen LogP) is 2.81. The van der Waals surface area contributed by atoms with E-state index in [1.165, 1.54) is 6.42 Å². The van der Waals surface area contributed by atoms with Crippen LogP contribution in [0.25, 0.3) is 0 Å². The molecule has 0 aromatic carbocycles. The van der Waals surface area contributed by atoms with Gasteiger partial charge in [-0.3, -0.25) is 4.79 Å². The number of rotatable bonds is 1. The van der Waals surface area contributed by atoms with Crippen molar-refractivity contribution in [3.05, 3.63) is 12.2 Å². The van der Waals surface area contributed by atoms with Gasteiger partial charge < -0.3 is 0 Å². The van der Waals surface area contributed by atoms with Gasteiger partial charge in [-0.15, -0.1) is 0 Å². The third kappa shape index (κ3) is 1.09. The van der Waals surface area contributed by atoms with E-state index >= 15 is 0 Å². The van der Waals surface area contributed by atoms with E-state index in [2.05, 4.69) is 26.8 Å². The van der Waals surface area contributed by atoms with Crippen molar-refractivity contribution in [3.63, 3.8) is 0 Å². The molecule has 1 fully saturated rings. The van der Waals surface area contributed by atoms with Crippen molar-refractivity contribution < 1.29 is 4.79 Å². The molecule has 0 aromatic heterocycles. The lowest BCUT2D eigenvalue weighted by atomic mass is 9.76. The van der Waals surface area contributed by atoms with Crippen LogP contribution >= 0.6 is 0 Å². The minimum absolute atomic E-state index is 0.0328. The zero-order chi connectivity index (χ0) is 9.64. The lowest BCUT2D eigenvalue weighted by molar-refractivity contribution is -0.123. The molecule has 2 rings (SSSR count). The summed E-state index contributed by atoms with van der Waals surface area (Å²) in [6.07, 6.45) is 6.28. The van der Waals surface area contributed by atoms with Crippen LogP contribution in [-0.2, 0) is 4.79 Å². The molecule has 1 unspecified atom stereocenters. The van der Waals surface area contributed by atoms with Crippen molar-refractivity contribution in [1.29, 1.82) is 0 Å². The summed E-state index contributed by atoms with van der Waals surface area (Å²) in [7, 11) is 0. The average Bonchev–Trinajstić information content (AvgIpc) is 2.51. The highest BCUT2D eigenvalue weighted by molar-refractivity contribution is 5.97. The second kappa shape index (κ2) is 2.70. The Balaban J connectivity index is 2.27. The molecule has 2 aliphatic rings. The van der Waals surface area contributed by atoms with Gasteiger partial charge in [0, 0.05) is 5.41 Å². The Kier molecular flexibility index (Phi) is 1.86. The standard InChI is InChI=1S/C12H18O/c1-8(2)9-6-7-12(3)10(9)4-5-11(12)13/h4-5,8-10H,6-7H2,1-3H3/t9?,10-,12+/m1/s1. The Labute approximate surface area is 80.2 Å². The van der Waals surface area contributed by atoms with E-state index in [9.17, 15) is 4.79 Å². The third-order valence-corrected chi connectivity index (χ3v) is 4.07. The van der Waals surface area contributed by atoms with Crippen LogP contribution in [0.5, 0.6) is 0 Å². The quantitative estimate of drug-likeness (QED) is 0.603. The molecule has 0 saturated heterocycles. The van der Waals surface area contributed by atoms with Gasteiger partial charge in [0.25, 0.3) is 0 Å². The SMILES string of the molecule is CC(C)C1CC[C@]2(C)C(=O)C=C[C@H]12. The minimum Gasteiger partial charge on any atom is -0.294 e. The largest absolute Gasteiger partial charge is 0.294 e. The van der Waals surface area contributed by atoms with Crippen molar-refractivity contribution >= 4 is 5.78 Å². The van der Waals surface area contributed by atoms with Gasteiger partial charge in [-0.25, -0.2) is 0 Å². The molecule has 0 aliphatic heterocycles. The van der Waals surface area contributed by atoms with Crippen LogP contribution in [0, 0.1) is 23.2 Å². The summed E-state index contributed by atoms with van der Waals surface area (Å²) in [6.45, 7) is 6.68. The molecule has 0 spiro atoms. The zero-order valence-corrected chi connectivity index (χ0v) is 8.71. The first-order valence-corrected chi connectivity index (χ1v) is 5.28. The van der Waals surface area contributed by atoms with Gasteiger partial charge in [0.2, 0.25) is 0 Å². The molecule has 1 nitrogen and oxygen atoms in total. The fraction of sp³-hybridized carbons (Fsp3) is 0.750. The molecule has 13 heavy (non-hydrogen) atoms. The Morgan fingerprint density at radius 3 is 2.85 bits per heavy atom. The molecule has 2 aliphatic carbocycles. The van der Waals surface area contributed by atoms with Crippen molar-refractivity contribution in [1.82, 2.24) is 0 Å². The van der Waals surface area contributed by atoms with E-state index in [0.29, 0.717) is 17.6 Å². The van der Waals surface area contributed by atoms with E-state index in [0.717, 1.165) is 12.3 Å². The Hall–Kier alpha value is -0.590. The summed E-state index contributed by atoms with van der Waals surface area (Å²) < 4.78 is 0. The first kappa shape index (κ1) is 8.98. The van der Waals surface area contributed by atoms with Crippen LogP contribution in [0.15, 0.2) is 12.2 Å². The van der Waals surface area contributed by atoms with Crippen molar-refractivity contribution in [3.8, 4) is 0 Å². The zero-order valence-electron chi connectivity index (χ0n) is 8.71. The van der Waals surface area contributed by atoms with E-state index in [4.69, 9.17) is 0 Å². The Morgan fingerprint density at radius 2 is 2.23 bits per heavy atom. The summed E-state index contributed by atoms with van der Waals surface area (Å²) in [5, 5.41) is 0. The smallest absolute Gasteiger partial charge is 0.161 e. The monoisotopic (exact) mass is 178 g/mol. The minimum atomic E-state index is -0.0328. The van der Waals surface area contributed by atoms with Crippen LogP contribution in [-0.4, -0.2) is 5.78 Å². The van der Waals surface area contributed by atoms with E-state index in [-0.39, 0.29) is 5.41 Å². The molecule has 0 radical (unpaired) electrons. The molecule has 1 heteroatoms. The highest BCUT2D eigenvalue weighted by Crippen LogP contribution is 2.53. The van der Waals surface area contributed by atoms with Crippen molar-refractivity contribution in [2.75, 3.05) is 0 Å². The van der Waals surface area contributed by atoms with Gasteiger partial charge in [-0.05, 0) is 36.7 Å². The van der Waals surface area contributed by atoms with E-state index in [1.807, 2.05) is 0 Å². The number of carbonyl (C=O) groups excluding carboxylic acids is 1. The maximum atomic E-state index is 11.7. The van der Waals surface area contributed by atoms with Crippen molar-refractivity contribution in [2.45, 2.75) is 33.6 Å². The number of carbonyl (C=O) groups is 1. The molecule has 0 bridgehead atoms. The van der Waals surface area contributed by atoms with Crippen LogP contribution in [0.4, 0.5) is 0 Å². The second-order valence-electron chi connectivity index (χ2n) is 5.11. The topological polar surface area (TPSA) is 17.1 Å². The van der Waals surface area contributed by atoms with Crippen molar-refractivity contribution in [2.24, 2.45) is 23.2 Å². The summed E-state index contributed by atoms with van der Waals surface area (Å²) in [5.74, 6) is 2.33.